The first-order valence-electron chi connectivity index (χ1n) is 8.94. The molecule has 1 amide bonds. The summed E-state index contributed by atoms with van der Waals surface area (Å²) in [5.74, 6) is -0.129. The summed E-state index contributed by atoms with van der Waals surface area (Å²) in [6.45, 7) is 0.734. The van der Waals surface area contributed by atoms with Crippen LogP contribution in [0, 0.1) is 0 Å². The minimum atomic E-state index is -3.68. The fourth-order valence-electron chi connectivity index (χ4n) is 3.24. The Hall–Kier alpha value is -3.03. The Kier molecular flexibility index (Phi) is 4.93. The molecule has 0 fully saturated rings. The zero-order valence-corrected chi connectivity index (χ0v) is 15.9. The molecule has 3 aromatic rings. The van der Waals surface area contributed by atoms with Gasteiger partial charge in [0.25, 0.3) is 5.91 Å². The Morgan fingerprint density at radius 3 is 2.50 bits per heavy atom. The van der Waals surface area contributed by atoms with Crippen molar-refractivity contribution in [2.75, 3.05) is 11.4 Å². The number of aromatic nitrogens is 1. The van der Waals surface area contributed by atoms with Crippen molar-refractivity contribution in [1.29, 1.82) is 0 Å². The molecular weight excluding hydrogens is 374 g/mol. The number of para-hydroxylation sites is 1. The van der Waals surface area contributed by atoms with Gasteiger partial charge in [-0.3, -0.25) is 9.78 Å². The van der Waals surface area contributed by atoms with E-state index in [2.05, 4.69) is 9.71 Å². The van der Waals surface area contributed by atoms with Gasteiger partial charge < -0.3 is 4.90 Å². The van der Waals surface area contributed by atoms with Crippen LogP contribution in [-0.2, 0) is 23.0 Å². The molecule has 0 saturated carbocycles. The highest BCUT2D eigenvalue weighted by Crippen LogP contribution is 2.29. The van der Waals surface area contributed by atoms with Crippen molar-refractivity contribution < 1.29 is 13.2 Å². The first-order chi connectivity index (χ1) is 13.5. The molecule has 7 heteroatoms. The van der Waals surface area contributed by atoms with E-state index in [0.717, 1.165) is 17.7 Å². The highest BCUT2D eigenvalue weighted by atomic mass is 32.2. The van der Waals surface area contributed by atoms with Gasteiger partial charge in [-0.2, -0.15) is 0 Å². The van der Waals surface area contributed by atoms with E-state index in [0.29, 0.717) is 17.8 Å². The van der Waals surface area contributed by atoms with Gasteiger partial charge >= 0.3 is 0 Å². The summed E-state index contributed by atoms with van der Waals surface area (Å²) < 4.78 is 27.5. The van der Waals surface area contributed by atoms with Crippen LogP contribution in [0.1, 0.15) is 21.6 Å². The van der Waals surface area contributed by atoms with Crippen LogP contribution in [0.4, 0.5) is 5.69 Å². The van der Waals surface area contributed by atoms with Crippen molar-refractivity contribution in [3.05, 3.63) is 89.7 Å². The molecule has 2 aromatic carbocycles. The molecule has 6 nitrogen and oxygen atoms in total. The topological polar surface area (TPSA) is 79.4 Å². The standard InChI is InChI=1S/C21H19N3O3S/c25-21(24-14-12-16-5-1-2-7-20(16)24)17-8-10-19(11-9-17)28(26,27)23-15-18-6-3-4-13-22-18/h1-11,13,23H,12,14-15H2. The van der Waals surface area contributed by atoms with Gasteiger partial charge in [-0.05, 0) is 54.4 Å². The van der Waals surface area contributed by atoms with Gasteiger partial charge in [0.1, 0.15) is 0 Å². The molecule has 1 aliphatic heterocycles. The van der Waals surface area contributed by atoms with Gasteiger partial charge in [0.05, 0.1) is 17.1 Å². The second kappa shape index (κ2) is 7.53. The second-order valence-corrected chi connectivity index (χ2v) is 8.27. The quantitative estimate of drug-likeness (QED) is 0.723. The van der Waals surface area contributed by atoms with Crippen LogP contribution in [0.5, 0.6) is 0 Å². The minimum absolute atomic E-state index is 0.106. The van der Waals surface area contributed by atoms with E-state index in [-0.39, 0.29) is 17.3 Å². The molecule has 0 bridgehead atoms. The van der Waals surface area contributed by atoms with E-state index in [1.54, 1.807) is 41.4 Å². The zero-order valence-electron chi connectivity index (χ0n) is 15.1. The van der Waals surface area contributed by atoms with Crippen LogP contribution in [0.25, 0.3) is 0 Å². The number of carbonyl (C=O) groups excluding carboxylic acids is 1. The molecule has 28 heavy (non-hydrogen) atoms. The number of fused-ring (bicyclic) bond motifs is 1. The zero-order chi connectivity index (χ0) is 19.6. The summed E-state index contributed by atoms with van der Waals surface area (Å²) in [4.78, 5) is 18.8. The summed E-state index contributed by atoms with van der Waals surface area (Å²) in [7, 11) is -3.68. The van der Waals surface area contributed by atoms with Gasteiger partial charge in [0.2, 0.25) is 10.0 Å². The maximum atomic E-state index is 12.8. The lowest BCUT2D eigenvalue weighted by Crippen LogP contribution is -2.29. The van der Waals surface area contributed by atoms with Crippen LogP contribution in [0.2, 0.25) is 0 Å². The summed E-state index contributed by atoms with van der Waals surface area (Å²) in [6.07, 6.45) is 2.44. The van der Waals surface area contributed by atoms with E-state index in [4.69, 9.17) is 0 Å². The Balaban J connectivity index is 1.48. The average Bonchev–Trinajstić information content (AvgIpc) is 3.17. The first-order valence-corrected chi connectivity index (χ1v) is 10.4. The Morgan fingerprint density at radius 1 is 1.00 bits per heavy atom. The van der Waals surface area contributed by atoms with E-state index in [1.807, 2.05) is 24.3 Å². The molecular formula is C21H19N3O3S. The summed E-state index contributed by atoms with van der Waals surface area (Å²) >= 11 is 0. The summed E-state index contributed by atoms with van der Waals surface area (Å²) in [6, 6.07) is 19.2. The fourth-order valence-corrected chi connectivity index (χ4v) is 4.24. The third kappa shape index (κ3) is 3.67. The van der Waals surface area contributed by atoms with Crippen molar-refractivity contribution in [1.82, 2.24) is 9.71 Å². The summed E-state index contributed by atoms with van der Waals surface area (Å²) in [5.41, 5.74) is 3.15. The maximum Gasteiger partial charge on any atom is 0.258 e. The molecule has 0 spiro atoms. The molecule has 2 heterocycles. The number of pyridine rings is 1. The van der Waals surface area contributed by atoms with Crippen LogP contribution in [-0.4, -0.2) is 25.9 Å². The van der Waals surface area contributed by atoms with Crippen molar-refractivity contribution in [2.45, 2.75) is 17.9 Å². The van der Waals surface area contributed by atoms with Gasteiger partial charge in [-0.1, -0.05) is 24.3 Å². The minimum Gasteiger partial charge on any atom is -0.308 e. The van der Waals surface area contributed by atoms with Gasteiger partial charge in [-0.25, -0.2) is 13.1 Å². The van der Waals surface area contributed by atoms with Crippen LogP contribution in [0.15, 0.2) is 77.8 Å². The molecule has 4 rings (SSSR count). The van der Waals surface area contributed by atoms with E-state index >= 15 is 0 Å². The van der Waals surface area contributed by atoms with Gasteiger partial charge in [-0.15, -0.1) is 0 Å². The molecule has 0 aliphatic carbocycles. The van der Waals surface area contributed by atoms with Crippen molar-refractivity contribution in [2.24, 2.45) is 0 Å². The third-order valence-corrected chi connectivity index (χ3v) is 6.13. The number of benzene rings is 2. The molecule has 0 saturated heterocycles. The predicted octanol–water partition coefficient (Wildman–Crippen LogP) is 2.76. The lowest BCUT2D eigenvalue weighted by molar-refractivity contribution is 0.0989. The molecule has 0 radical (unpaired) electrons. The first kappa shape index (κ1) is 18.3. The molecule has 0 unspecified atom stereocenters. The van der Waals surface area contributed by atoms with Crippen LogP contribution >= 0.6 is 0 Å². The molecule has 1 aliphatic rings. The van der Waals surface area contributed by atoms with E-state index < -0.39 is 10.0 Å². The number of nitrogens with zero attached hydrogens (tertiary/aromatic N) is 2. The molecule has 1 N–H and O–H groups in total. The van der Waals surface area contributed by atoms with Gasteiger partial charge in [0.15, 0.2) is 0 Å². The average molecular weight is 393 g/mol. The number of carbonyl (C=O) groups is 1. The second-order valence-electron chi connectivity index (χ2n) is 6.51. The highest BCUT2D eigenvalue weighted by molar-refractivity contribution is 7.89. The SMILES string of the molecule is O=C(c1ccc(S(=O)(=O)NCc2ccccn2)cc1)N1CCc2ccccc21. The number of amides is 1. The number of anilines is 1. The fraction of sp³-hybridized carbons (Fsp3) is 0.143. The number of hydrogen-bond donors (Lipinski definition) is 1. The Morgan fingerprint density at radius 2 is 1.75 bits per heavy atom. The number of nitrogens with one attached hydrogen (secondary N) is 1. The van der Waals surface area contributed by atoms with Crippen LogP contribution < -0.4 is 9.62 Å². The van der Waals surface area contributed by atoms with Crippen molar-refractivity contribution >= 4 is 21.6 Å². The Bertz CT molecular complexity index is 1100. The number of hydrogen-bond acceptors (Lipinski definition) is 4. The van der Waals surface area contributed by atoms with Crippen molar-refractivity contribution in [3.63, 3.8) is 0 Å². The van der Waals surface area contributed by atoms with Crippen molar-refractivity contribution in [3.8, 4) is 0 Å². The monoisotopic (exact) mass is 393 g/mol. The van der Waals surface area contributed by atoms with Crippen LogP contribution in [0.3, 0.4) is 0 Å². The highest BCUT2D eigenvalue weighted by Gasteiger charge is 2.25. The normalized spacial score (nSPS) is 13.4. The summed E-state index contributed by atoms with van der Waals surface area (Å²) in [5, 5.41) is 0. The third-order valence-electron chi connectivity index (χ3n) is 4.71. The largest absolute Gasteiger partial charge is 0.308 e. The molecule has 0 atom stereocenters. The predicted molar refractivity (Wildman–Crippen MR) is 107 cm³/mol. The number of rotatable bonds is 5. The molecule has 1 aromatic heterocycles. The maximum absolute atomic E-state index is 12.8. The smallest absolute Gasteiger partial charge is 0.258 e. The van der Waals surface area contributed by atoms with E-state index in [9.17, 15) is 13.2 Å². The number of sulfonamides is 1. The van der Waals surface area contributed by atoms with E-state index in [1.165, 1.54) is 12.1 Å². The van der Waals surface area contributed by atoms with Gasteiger partial charge in [0, 0.05) is 24.0 Å². The lowest BCUT2D eigenvalue weighted by Gasteiger charge is -2.17. The Labute approximate surface area is 163 Å². The molecule has 142 valence electrons. The lowest BCUT2D eigenvalue weighted by atomic mass is 10.1.